The lowest BCUT2D eigenvalue weighted by Gasteiger charge is -2.09. The van der Waals surface area contributed by atoms with Crippen LogP contribution in [0.1, 0.15) is 5.56 Å². The molecule has 0 aliphatic heterocycles. The maximum Gasteiger partial charge on any atom is 0.307 e. The first-order valence-electron chi connectivity index (χ1n) is 5.36. The summed E-state index contributed by atoms with van der Waals surface area (Å²) < 4.78 is 1.36. The number of anilines is 2. The molecule has 0 spiro atoms. The average Bonchev–Trinajstić information content (AvgIpc) is 2.70. The van der Waals surface area contributed by atoms with Crippen LogP contribution in [0.2, 0.25) is 0 Å². The molecule has 1 aromatic heterocycles. The van der Waals surface area contributed by atoms with E-state index in [1.807, 2.05) is 13.0 Å². The van der Waals surface area contributed by atoms with Crippen LogP contribution in [0.15, 0.2) is 34.6 Å². The minimum Gasteiger partial charge on any atom is -0.399 e. The van der Waals surface area contributed by atoms with Gasteiger partial charge in [0.2, 0.25) is 5.91 Å². The number of hydrogen-bond donors (Lipinski definition) is 2. The normalized spacial score (nSPS) is 10.3. The zero-order chi connectivity index (χ0) is 13.1. The van der Waals surface area contributed by atoms with E-state index in [-0.39, 0.29) is 17.3 Å². The molecule has 94 valence electrons. The van der Waals surface area contributed by atoms with E-state index in [1.54, 1.807) is 23.7 Å². The fraction of sp³-hybridized carbons (Fsp3) is 0.167. The van der Waals surface area contributed by atoms with E-state index < -0.39 is 0 Å². The Bertz CT molecular complexity index is 630. The van der Waals surface area contributed by atoms with Crippen molar-refractivity contribution in [1.82, 2.24) is 4.57 Å². The molecule has 2 rings (SSSR count). The van der Waals surface area contributed by atoms with Gasteiger partial charge in [-0.15, -0.1) is 0 Å². The Labute approximate surface area is 108 Å². The van der Waals surface area contributed by atoms with Gasteiger partial charge in [-0.3, -0.25) is 14.2 Å². The maximum absolute atomic E-state index is 11.8. The van der Waals surface area contributed by atoms with E-state index in [2.05, 4.69) is 5.32 Å². The average molecular weight is 263 g/mol. The second-order valence-corrected chi connectivity index (χ2v) is 4.78. The monoisotopic (exact) mass is 263 g/mol. The molecular weight excluding hydrogens is 250 g/mol. The number of nitrogens with two attached hydrogens (primary N) is 1. The first kappa shape index (κ1) is 12.4. The quantitative estimate of drug-likeness (QED) is 0.823. The van der Waals surface area contributed by atoms with Crippen molar-refractivity contribution in [2.24, 2.45) is 0 Å². The van der Waals surface area contributed by atoms with Crippen LogP contribution >= 0.6 is 11.3 Å². The molecule has 0 saturated carbocycles. The Morgan fingerprint density at radius 3 is 2.94 bits per heavy atom. The number of nitrogens with zero attached hydrogens (tertiary/aromatic N) is 1. The number of carbonyl (C=O) groups is 1. The number of aryl methyl sites for hydroxylation is 1. The highest BCUT2D eigenvalue weighted by Gasteiger charge is 2.07. The predicted molar refractivity (Wildman–Crippen MR) is 72.8 cm³/mol. The number of benzene rings is 1. The van der Waals surface area contributed by atoms with E-state index >= 15 is 0 Å². The number of thiazole rings is 1. The van der Waals surface area contributed by atoms with Gasteiger partial charge < -0.3 is 11.1 Å². The first-order valence-corrected chi connectivity index (χ1v) is 6.24. The summed E-state index contributed by atoms with van der Waals surface area (Å²) in [6.45, 7) is 1.89. The number of rotatable bonds is 3. The molecule has 0 fully saturated rings. The summed E-state index contributed by atoms with van der Waals surface area (Å²) in [6, 6.07) is 5.31. The van der Waals surface area contributed by atoms with Crippen molar-refractivity contribution in [3.05, 3.63) is 45.0 Å². The lowest BCUT2D eigenvalue weighted by atomic mass is 10.2. The van der Waals surface area contributed by atoms with Crippen molar-refractivity contribution in [2.75, 3.05) is 11.1 Å². The molecule has 1 aromatic carbocycles. The molecule has 1 heterocycles. The third-order valence-corrected chi connectivity index (χ3v) is 3.19. The molecule has 0 unspecified atom stereocenters. The van der Waals surface area contributed by atoms with Crippen molar-refractivity contribution in [2.45, 2.75) is 13.5 Å². The van der Waals surface area contributed by atoms with E-state index in [0.717, 1.165) is 16.9 Å². The second kappa shape index (κ2) is 5.05. The van der Waals surface area contributed by atoms with Crippen LogP contribution in [-0.2, 0) is 11.3 Å². The van der Waals surface area contributed by atoms with Gasteiger partial charge in [0.25, 0.3) is 0 Å². The lowest BCUT2D eigenvalue weighted by Crippen LogP contribution is -2.24. The molecule has 0 bridgehead atoms. The van der Waals surface area contributed by atoms with Crippen molar-refractivity contribution in [1.29, 1.82) is 0 Å². The van der Waals surface area contributed by atoms with Crippen molar-refractivity contribution < 1.29 is 4.79 Å². The largest absolute Gasteiger partial charge is 0.399 e. The van der Waals surface area contributed by atoms with Crippen LogP contribution in [0.5, 0.6) is 0 Å². The Morgan fingerprint density at radius 1 is 1.50 bits per heavy atom. The zero-order valence-electron chi connectivity index (χ0n) is 9.84. The number of nitrogen functional groups attached to an aromatic ring is 1. The van der Waals surface area contributed by atoms with Gasteiger partial charge in [-0.25, -0.2) is 0 Å². The molecule has 0 atom stereocenters. The molecule has 6 heteroatoms. The highest BCUT2D eigenvalue weighted by atomic mass is 32.1. The van der Waals surface area contributed by atoms with Crippen LogP contribution in [0, 0.1) is 6.92 Å². The standard InChI is InChI=1S/C12H13N3O2S/c1-8-2-3-9(13)6-10(8)14-11(16)7-15-4-5-18-12(15)17/h2-6H,7,13H2,1H3,(H,14,16). The zero-order valence-corrected chi connectivity index (χ0v) is 10.7. The number of nitrogens with one attached hydrogen (secondary N) is 1. The second-order valence-electron chi connectivity index (χ2n) is 3.92. The number of amides is 1. The molecular formula is C12H13N3O2S. The highest BCUT2D eigenvalue weighted by Crippen LogP contribution is 2.17. The first-order chi connectivity index (χ1) is 8.56. The van der Waals surface area contributed by atoms with Gasteiger partial charge in [-0.2, -0.15) is 0 Å². The van der Waals surface area contributed by atoms with E-state index in [1.165, 1.54) is 4.57 Å². The SMILES string of the molecule is Cc1ccc(N)cc1NC(=O)Cn1ccsc1=O. The van der Waals surface area contributed by atoms with E-state index in [4.69, 9.17) is 5.73 Å². The summed E-state index contributed by atoms with van der Waals surface area (Å²) >= 11 is 1.07. The summed E-state index contributed by atoms with van der Waals surface area (Å²) in [4.78, 5) is 23.0. The predicted octanol–water partition coefficient (Wildman–Crippen LogP) is 1.44. The topological polar surface area (TPSA) is 77.1 Å². The molecule has 2 aromatic rings. The molecule has 0 radical (unpaired) electrons. The molecule has 18 heavy (non-hydrogen) atoms. The van der Waals surface area contributed by atoms with Crippen LogP contribution in [-0.4, -0.2) is 10.5 Å². The number of carbonyl (C=O) groups excluding carboxylic acids is 1. The van der Waals surface area contributed by atoms with Gasteiger partial charge in [0.05, 0.1) is 0 Å². The van der Waals surface area contributed by atoms with E-state index in [0.29, 0.717) is 11.4 Å². The molecule has 1 amide bonds. The molecule has 0 aliphatic carbocycles. The van der Waals surface area contributed by atoms with E-state index in [9.17, 15) is 9.59 Å². The third-order valence-electron chi connectivity index (χ3n) is 2.49. The summed E-state index contributed by atoms with van der Waals surface area (Å²) in [5.74, 6) is -0.246. The Balaban J connectivity index is 2.10. The molecule has 5 nitrogen and oxygen atoms in total. The minimum absolute atomic E-state index is 0.0105. The maximum atomic E-state index is 11.8. The van der Waals surface area contributed by atoms with Crippen LogP contribution < -0.4 is 15.9 Å². The van der Waals surface area contributed by atoms with Gasteiger partial charge in [-0.1, -0.05) is 17.4 Å². The summed E-state index contributed by atoms with van der Waals surface area (Å²) in [6.07, 6.45) is 1.60. The molecule has 0 aliphatic rings. The van der Waals surface area contributed by atoms with Crippen LogP contribution in [0.3, 0.4) is 0 Å². The van der Waals surface area contributed by atoms with Crippen LogP contribution in [0.4, 0.5) is 11.4 Å². The third kappa shape index (κ3) is 2.78. The Kier molecular flexibility index (Phi) is 3.47. The van der Waals surface area contributed by atoms with Gasteiger partial charge in [-0.05, 0) is 24.6 Å². The number of aromatic nitrogens is 1. The smallest absolute Gasteiger partial charge is 0.307 e. The minimum atomic E-state index is -0.246. The Hall–Kier alpha value is -2.08. The van der Waals surface area contributed by atoms with Gasteiger partial charge >= 0.3 is 4.87 Å². The fourth-order valence-electron chi connectivity index (χ4n) is 1.53. The van der Waals surface area contributed by atoms with Crippen molar-refractivity contribution >= 4 is 28.6 Å². The lowest BCUT2D eigenvalue weighted by molar-refractivity contribution is -0.116. The van der Waals surface area contributed by atoms with Gasteiger partial charge in [0, 0.05) is 23.0 Å². The van der Waals surface area contributed by atoms with Crippen molar-refractivity contribution in [3.63, 3.8) is 0 Å². The summed E-state index contributed by atoms with van der Waals surface area (Å²) in [5, 5.41) is 4.40. The van der Waals surface area contributed by atoms with Gasteiger partial charge in [0.15, 0.2) is 0 Å². The summed E-state index contributed by atoms with van der Waals surface area (Å²) in [7, 11) is 0. The highest BCUT2D eigenvalue weighted by molar-refractivity contribution is 7.07. The van der Waals surface area contributed by atoms with Crippen molar-refractivity contribution in [3.8, 4) is 0 Å². The van der Waals surface area contributed by atoms with Crippen LogP contribution in [0.25, 0.3) is 0 Å². The summed E-state index contributed by atoms with van der Waals surface area (Å²) in [5.41, 5.74) is 7.84. The molecule has 3 N–H and O–H groups in total. The van der Waals surface area contributed by atoms with Gasteiger partial charge in [0.1, 0.15) is 6.54 Å². The number of hydrogen-bond acceptors (Lipinski definition) is 4. The molecule has 0 saturated heterocycles. The Morgan fingerprint density at radius 2 is 2.28 bits per heavy atom. The fourth-order valence-corrected chi connectivity index (χ4v) is 2.11.